The molecule has 1 spiro atoms. The third kappa shape index (κ3) is 6.84. The first-order valence-electron chi connectivity index (χ1n) is 17.7. The van der Waals surface area contributed by atoms with Gasteiger partial charge in [-0.2, -0.15) is 0 Å². The van der Waals surface area contributed by atoms with Crippen LogP contribution in [0.5, 0.6) is 0 Å². The summed E-state index contributed by atoms with van der Waals surface area (Å²) in [5.41, 5.74) is 5.27. The number of benzene rings is 2. The second kappa shape index (κ2) is 13.6. The normalized spacial score (nSPS) is 19.1. The average Bonchev–Trinajstić information content (AvgIpc) is 3.53. The molecular formula is C40H39F2N5O4S. The molecule has 0 atom stereocenters. The molecule has 0 radical (unpaired) electrons. The molecule has 2 saturated heterocycles. The molecule has 268 valence electrons. The van der Waals surface area contributed by atoms with Gasteiger partial charge in [-0.05, 0) is 98.0 Å². The van der Waals surface area contributed by atoms with Gasteiger partial charge in [0.05, 0.1) is 16.1 Å². The number of anilines is 3. The molecule has 2 aromatic carbocycles. The smallest absolute Gasteiger partial charge is 0.261 e. The van der Waals surface area contributed by atoms with Crippen LogP contribution in [0.3, 0.4) is 0 Å². The Balaban J connectivity index is 0.935. The Hall–Kier alpha value is -4.94. The number of hydrogen-bond acceptors (Lipinski definition) is 7. The minimum absolute atomic E-state index is 0.173. The lowest BCUT2D eigenvalue weighted by atomic mass is 9.73. The van der Waals surface area contributed by atoms with Crippen LogP contribution in [0.25, 0.3) is 11.6 Å². The van der Waals surface area contributed by atoms with Crippen LogP contribution >= 0.6 is 11.3 Å². The summed E-state index contributed by atoms with van der Waals surface area (Å²) in [6.07, 6.45) is 3.97. The van der Waals surface area contributed by atoms with Gasteiger partial charge in [0.1, 0.15) is 5.82 Å². The Morgan fingerprint density at radius 2 is 1.67 bits per heavy atom. The second-order valence-electron chi connectivity index (χ2n) is 14.4. The highest BCUT2D eigenvalue weighted by Gasteiger charge is 2.46. The van der Waals surface area contributed by atoms with E-state index in [1.54, 1.807) is 35.2 Å². The van der Waals surface area contributed by atoms with E-state index in [1.807, 2.05) is 55.5 Å². The Labute approximate surface area is 304 Å². The molecule has 2 aromatic heterocycles. The Morgan fingerprint density at radius 1 is 0.923 bits per heavy atom. The SMILES string of the molecule is Cc1ccc(C(=O)Nc2ccc(C(=O)N3CCC(c4ccc(C(=O)NC5CC(F)(F)C5)s4)=Cc4ccccc43)cc2)c(N2CC3(CCOCC3)C2)n1. The molecule has 8 rings (SSSR count). The molecule has 1 saturated carbocycles. The van der Waals surface area contributed by atoms with E-state index in [2.05, 4.69) is 15.5 Å². The van der Waals surface area contributed by atoms with E-state index in [-0.39, 0.29) is 36.0 Å². The number of amides is 3. The number of rotatable bonds is 7. The molecule has 0 unspecified atom stereocenters. The topological polar surface area (TPSA) is 104 Å². The van der Waals surface area contributed by atoms with E-state index in [4.69, 9.17) is 9.72 Å². The van der Waals surface area contributed by atoms with Crippen molar-refractivity contribution in [3.63, 3.8) is 0 Å². The van der Waals surface area contributed by atoms with Gasteiger partial charge in [-0.25, -0.2) is 13.8 Å². The molecule has 0 bridgehead atoms. The van der Waals surface area contributed by atoms with Gasteiger partial charge < -0.3 is 25.2 Å². The van der Waals surface area contributed by atoms with Gasteiger partial charge >= 0.3 is 0 Å². The summed E-state index contributed by atoms with van der Waals surface area (Å²) in [6.45, 7) is 5.60. The van der Waals surface area contributed by atoms with Crippen molar-refractivity contribution >= 4 is 57.9 Å². The van der Waals surface area contributed by atoms with Gasteiger partial charge in [-0.15, -0.1) is 11.3 Å². The van der Waals surface area contributed by atoms with Crippen LogP contribution in [0.4, 0.5) is 26.0 Å². The minimum Gasteiger partial charge on any atom is -0.381 e. The molecule has 1 aliphatic carbocycles. The van der Waals surface area contributed by atoms with Crippen LogP contribution in [0, 0.1) is 12.3 Å². The van der Waals surface area contributed by atoms with Crippen molar-refractivity contribution in [3.8, 4) is 0 Å². The maximum Gasteiger partial charge on any atom is 0.261 e. The van der Waals surface area contributed by atoms with Gasteiger partial charge in [0.15, 0.2) is 0 Å². The zero-order valence-corrected chi connectivity index (χ0v) is 29.6. The molecule has 4 aliphatic rings. The molecule has 52 heavy (non-hydrogen) atoms. The summed E-state index contributed by atoms with van der Waals surface area (Å²) in [7, 11) is 0. The zero-order valence-electron chi connectivity index (χ0n) is 28.8. The number of halogens is 2. The lowest BCUT2D eigenvalue weighted by Crippen LogP contribution is -2.59. The fraction of sp³-hybridized carbons (Fsp3) is 0.350. The first-order valence-corrected chi connectivity index (χ1v) is 18.5. The van der Waals surface area contributed by atoms with Gasteiger partial charge in [-0.3, -0.25) is 14.4 Å². The number of fused-ring (bicyclic) bond motifs is 1. The third-order valence-corrected chi connectivity index (χ3v) is 11.7. The van der Waals surface area contributed by atoms with Crippen LogP contribution < -0.4 is 20.4 Å². The molecule has 3 aliphatic heterocycles. The van der Waals surface area contributed by atoms with Crippen molar-refractivity contribution in [1.29, 1.82) is 0 Å². The summed E-state index contributed by atoms with van der Waals surface area (Å²) >= 11 is 1.31. The largest absolute Gasteiger partial charge is 0.381 e. The first kappa shape index (κ1) is 34.2. The fourth-order valence-electron chi connectivity index (χ4n) is 7.57. The number of aromatic nitrogens is 1. The van der Waals surface area contributed by atoms with Crippen LogP contribution in [0.2, 0.25) is 0 Å². The monoisotopic (exact) mass is 723 g/mol. The highest BCUT2D eigenvalue weighted by Crippen LogP contribution is 2.43. The van der Waals surface area contributed by atoms with E-state index in [0.29, 0.717) is 40.5 Å². The zero-order chi connectivity index (χ0) is 36.0. The molecule has 12 heteroatoms. The van der Waals surface area contributed by atoms with Crippen LogP contribution in [0.1, 0.15) is 78.6 Å². The van der Waals surface area contributed by atoms with Crippen LogP contribution in [-0.2, 0) is 4.74 Å². The number of ether oxygens (including phenoxy) is 1. The average molecular weight is 724 g/mol. The molecule has 5 heterocycles. The van der Waals surface area contributed by atoms with Gasteiger partial charge in [0, 0.05) is 79.0 Å². The van der Waals surface area contributed by atoms with E-state index in [9.17, 15) is 23.2 Å². The Morgan fingerprint density at radius 3 is 2.42 bits per heavy atom. The lowest BCUT2D eigenvalue weighted by Gasteiger charge is -2.53. The number of para-hydroxylation sites is 1. The molecule has 2 N–H and O–H groups in total. The molecular weight excluding hydrogens is 685 g/mol. The number of nitrogens with zero attached hydrogens (tertiary/aromatic N) is 3. The number of aryl methyl sites for hydroxylation is 1. The number of nitrogens with one attached hydrogen (secondary N) is 2. The lowest BCUT2D eigenvalue weighted by molar-refractivity contribution is -0.0901. The summed E-state index contributed by atoms with van der Waals surface area (Å²) in [5.74, 6) is -2.79. The van der Waals surface area contributed by atoms with E-state index < -0.39 is 12.0 Å². The standard InChI is InChI=1S/C40H39F2N5O4S/c1-25-6-11-31(35(43-25)46-23-39(24-46)15-18-51-19-16-39)36(48)44-29-9-7-26(8-10-29)38(50)47-17-14-28(20-27-4-2-3-5-32(27)47)33-12-13-34(52-33)37(49)45-30-21-40(41,42)22-30/h2-13,20,30H,14-19,21-24H2,1H3,(H,44,48)(H,45,49). The first-order chi connectivity index (χ1) is 25.0. The van der Waals surface area contributed by atoms with Crippen molar-refractivity contribution < 1.29 is 27.9 Å². The molecule has 9 nitrogen and oxygen atoms in total. The third-order valence-electron chi connectivity index (χ3n) is 10.5. The number of hydrogen-bond donors (Lipinski definition) is 2. The molecule has 3 fully saturated rings. The highest BCUT2D eigenvalue weighted by atomic mass is 32.1. The number of pyridine rings is 1. The highest BCUT2D eigenvalue weighted by molar-refractivity contribution is 7.15. The summed E-state index contributed by atoms with van der Waals surface area (Å²) in [5, 5.41) is 5.71. The van der Waals surface area contributed by atoms with E-state index in [1.165, 1.54) is 11.3 Å². The van der Waals surface area contributed by atoms with Crippen molar-refractivity contribution in [2.24, 2.45) is 5.41 Å². The van der Waals surface area contributed by atoms with Gasteiger partial charge in [0.25, 0.3) is 23.6 Å². The van der Waals surface area contributed by atoms with Gasteiger partial charge in [0.2, 0.25) is 0 Å². The number of carbonyl (C=O) groups excluding carboxylic acids is 3. The van der Waals surface area contributed by atoms with Crippen molar-refractivity contribution in [3.05, 3.63) is 105 Å². The van der Waals surface area contributed by atoms with Crippen LogP contribution in [0.15, 0.2) is 72.8 Å². The maximum absolute atomic E-state index is 14.0. The predicted molar refractivity (Wildman–Crippen MR) is 198 cm³/mol. The molecule has 4 aromatic rings. The van der Waals surface area contributed by atoms with E-state index >= 15 is 0 Å². The van der Waals surface area contributed by atoms with Crippen molar-refractivity contribution in [2.45, 2.75) is 51.0 Å². The minimum atomic E-state index is -2.70. The maximum atomic E-state index is 14.0. The number of carbonyl (C=O) groups is 3. The second-order valence-corrected chi connectivity index (χ2v) is 15.4. The predicted octanol–water partition coefficient (Wildman–Crippen LogP) is 7.44. The van der Waals surface area contributed by atoms with Crippen molar-refractivity contribution in [1.82, 2.24) is 10.3 Å². The Kier molecular flexibility index (Phi) is 8.91. The van der Waals surface area contributed by atoms with Gasteiger partial charge in [-0.1, -0.05) is 18.2 Å². The Bertz CT molecular complexity index is 2060. The number of alkyl halides is 2. The van der Waals surface area contributed by atoms with Crippen molar-refractivity contribution in [2.75, 3.05) is 48.0 Å². The quantitative estimate of drug-likeness (QED) is 0.206. The fourth-order valence-corrected chi connectivity index (χ4v) is 8.52. The summed E-state index contributed by atoms with van der Waals surface area (Å²) in [4.78, 5) is 50.3. The van der Waals surface area contributed by atoms with Crippen LogP contribution in [-0.4, -0.2) is 67.5 Å². The molecule has 3 amide bonds. The summed E-state index contributed by atoms with van der Waals surface area (Å²) < 4.78 is 32.1. The number of thiophene rings is 1. The summed E-state index contributed by atoms with van der Waals surface area (Å²) in [6, 6.07) is 21.4. The van der Waals surface area contributed by atoms with E-state index in [0.717, 1.165) is 66.5 Å².